The van der Waals surface area contributed by atoms with E-state index in [2.05, 4.69) is 14.9 Å². The van der Waals surface area contributed by atoms with Gasteiger partial charge in [-0.3, -0.25) is 4.52 Å². The Kier molecular flexibility index (Phi) is 6.02. The average Bonchev–Trinajstić information content (AvgIpc) is 2.86. The molecule has 0 aliphatic carbocycles. The predicted octanol–water partition coefficient (Wildman–Crippen LogP) is -0.821. The molecule has 15 heteroatoms. The summed E-state index contributed by atoms with van der Waals surface area (Å²) < 4.78 is 46.2. The van der Waals surface area contributed by atoms with Gasteiger partial charge in [0.1, 0.15) is 14.0 Å². The van der Waals surface area contributed by atoms with E-state index in [0.29, 0.717) is 6.61 Å². The molecule has 2 fully saturated rings. The highest BCUT2D eigenvalue weighted by atomic mass is 31.3. The van der Waals surface area contributed by atoms with Crippen LogP contribution < -0.4 is 0 Å². The van der Waals surface area contributed by atoms with E-state index in [9.17, 15) is 18.9 Å². The highest BCUT2D eigenvalue weighted by molar-refractivity contribution is 7.72. The summed E-state index contributed by atoms with van der Waals surface area (Å²) in [4.78, 5) is 36.1. The molecule has 11 nitrogen and oxygen atoms in total. The summed E-state index contributed by atoms with van der Waals surface area (Å²) in [5.41, 5.74) is 0. The summed E-state index contributed by atoms with van der Waals surface area (Å²) in [5, 5.41) is 0. The zero-order chi connectivity index (χ0) is 17.5. The van der Waals surface area contributed by atoms with Crippen LogP contribution in [0.25, 0.3) is 0 Å². The number of hydrogen-bond donors (Lipinski definition) is 4. The van der Waals surface area contributed by atoms with E-state index in [1.54, 1.807) is 0 Å². The molecular formula is C8H18BO11P3. The number of ether oxygens (including phenoxy) is 2. The van der Waals surface area contributed by atoms with E-state index in [0.717, 1.165) is 6.42 Å². The van der Waals surface area contributed by atoms with Crippen LogP contribution in [0.3, 0.4) is 0 Å². The van der Waals surface area contributed by atoms with Crippen LogP contribution in [0.4, 0.5) is 0 Å². The smallest absolute Gasteiger partial charge is 0.378 e. The van der Waals surface area contributed by atoms with Gasteiger partial charge in [-0.15, -0.1) is 0 Å². The van der Waals surface area contributed by atoms with Gasteiger partial charge in [0.15, 0.2) is 0 Å². The molecule has 134 valence electrons. The van der Waals surface area contributed by atoms with Crippen molar-refractivity contribution in [1.82, 2.24) is 0 Å². The molecule has 2 heterocycles. The fraction of sp³-hybridized carbons (Fsp3) is 0.875. The number of rotatable bonds is 7. The van der Waals surface area contributed by atoms with Crippen LogP contribution in [-0.2, 0) is 31.7 Å². The first-order valence-electron chi connectivity index (χ1n) is 6.57. The minimum Gasteiger partial charge on any atom is -0.378 e. The molecule has 2 saturated heterocycles. The first-order valence-corrected chi connectivity index (χ1v) is 11.4. The molecule has 0 bridgehead atoms. The Bertz CT molecular complexity index is 578. The summed E-state index contributed by atoms with van der Waals surface area (Å²) in [5.74, 6) is 0.165. The van der Waals surface area contributed by atoms with Crippen molar-refractivity contribution >= 4 is 37.4 Å². The van der Waals surface area contributed by atoms with Crippen LogP contribution in [0.2, 0.25) is 0 Å². The first-order chi connectivity index (χ1) is 10.4. The molecule has 2 rings (SSSR count). The average molecular weight is 394 g/mol. The lowest BCUT2D eigenvalue weighted by Crippen LogP contribution is -2.28. The Morgan fingerprint density at radius 3 is 2.48 bits per heavy atom. The molecule has 23 heavy (non-hydrogen) atoms. The predicted molar refractivity (Wildman–Crippen MR) is 81.3 cm³/mol. The third kappa shape index (κ3) is 5.75. The standard InChI is InChI=1S/C8H18BO11P3/c1-21(10,19-22(11,12)13)20-23(14,15)17-4-6-7-5(2-3-16-7)8(9)18-6/h5-8,10H,1-4,9H2,(H,14,15)(H2,11,12,13). The van der Waals surface area contributed by atoms with Gasteiger partial charge in [0.25, 0.3) is 7.57 Å². The van der Waals surface area contributed by atoms with Crippen LogP contribution >= 0.6 is 23.2 Å². The van der Waals surface area contributed by atoms with Crippen LogP contribution in [0.15, 0.2) is 0 Å². The molecule has 6 atom stereocenters. The summed E-state index contributed by atoms with van der Waals surface area (Å²) in [6, 6.07) is -0.0923. The van der Waals surface area contributed by atoms with Gasteiger partial charge in [-0.25, -0.2) is 17.8 Å². The maximum Gasteiger partial charge on any atom is 0.478 e. The Balaban J connectivity index is 1.90. The maximum atomic E-state index is 11.8. The largest absolute Gasteiger partial charge is 0.478 e. The summed E-state index contributed by atoms with van der Waals surface area (Å²) in [7, 11) is -12.7. The van der Waals surface area contributed by atoms with Crippen molar-refractivity contribution in [3.63, 3.8) is 0 Å². The van der Waals surface area contributed by atoms with Gasteiger partial charge in [-0.1, -0.05) is 0 Å². The zero-order valence-electron chi connectivity index (χ0n) is 12.1. The first kappa shape index (κ1) is 19.8. The second kappa shape index (κ2) is 7.00. The highest BCUT2D eigenvalue weighted by Gasteiger charge is 2.47. The van der Waals surface area contributed by atoms with Gasteiger partial charge in [0.2, 0.25) is 0 Å². The Labute approximate surface area is 133 Å². The zero-order valence-corrected chi connectivity index (χ0v) is 14.8. The minimum absolute atomic E-state index is 0.0923. The van der Waals surface area contributed by atoms with E-state index in [4.69, 9.17) is 23.8 Å². The third-order valence-electron chi connectivity index (χ3n) is 3.41. The minimum atomic E-state index is -5.16. The fourth-order valence-electron chi connectivity index (χ4n) is 2.63. The summed E-state index contributed by atoms with van der Waals surface area (Å²) >= 11 is 0. The van der Waals surface area contributed by atoms with Gasteiger partial charge in [0.05, 0.1) is 12.7 Å². The molecule has 0 aromatic carbocycles. The molecular weight excluding hydrogens is 376 g/mol. The van der Waals surface area contributed by atoms with E-state index >= 15 is 0 Å². The van der Waals surface area contributed by atoms with Crippen molar-refractivity contribution in [3.8, 4) is 0 Å². The Morgan fingerprint density at radius 2 is 1.87 bits per heavy atom. The lowest BCUT2D eigenvalue weighted by molar-refractivity contribution is -0.0266. The quantitative estimate of drug-likeness (QED) is 0.315. The molecule has 0 spiro atoms. The van der Waals surface area contributed by atoms with Gasteiger partial charge < -0.3 is 29.0 Å². The van der Waals surface area contributed by atoms with Crippen LogP contribution in [0, 0.1) is 5.92 Å². The van der Waals surface area contributed by atoms with Gasteiger partial charge in [0, 0.05) is 18.5 Å². The number of phosphoric ester groups is 1. The number of hydrogen-bond acceptors (Lipinski definition) is 8. The summed E-state index contributed by atoms with van der Waals surface area (Å²) in [6.45, 7) is 0.197. The molecule has 0 radical (unpaired) electrons. The fourth-order valence-corrected chi connectivity index (χ4v) is 6.17. The molecule has 0 aromatic rings. The lowest BCUT2D eigenvalue weighted by Gasteiger charge is -2.22. The summed E-state index contributed by atoms with van der Waals surface area (Å²) in [6.07, 6.45) is 2.79. The van der Waals surface area contributed by atoms with Gasteiger partial charge >= 0.3 is 15.6 Å². The van der Waals surface area contributed by atoms with Gasteiger partial charge in [-0.05, 0) is 12.7 Å². The molecule has 4 N–H and O–H groups in total. The molecule has 0 saturated carbocycles. The monoisotopic (exact) mass is 394 g/mol. The Hall–Kier alpha value is 0.465. The molecule has 2 aliphatic rings. The maximum absolute atomic E-state index is 11.8. The molecule has 2 aliphatic heterocycles. The lowest BCUT2D eigenvalue weighted by atomic mass is 9.84. The molecule has 0 aromatic heterocycles. The van der Waals surface area contributed by atoms with Crippen molar-refractivity contribution in [1.29, 1.82) is 0 Å². The molecule has 0 amide bonds. The van der Waals surface area contributed by atoms with Crippen molar-refractivity contribution in [2.24, 2.45) is 5.92 Å². The topological polar surface area (TPSA) is 161 Å². The second-order valence-corrected chi connectivity index (χ2v) is 9.98. The third-order valence-corrected chi connectivity index (χ3v) is 7.60. The number of phosphoric acid groups is 2. The normalized spacial score (nSPS) is 36.3. The number of fused-ring (bicyclic) bond motifs is 1. The van der Waals surface area contributed by atoms with E-state index in [-0.39, 0.29) is 24.6 Å². The highest BCUT2D eigenvalue weighted by Crippen LogP contribution is 2.66. The second-order valence-electron chi connectivity index (χ2n) is 5.22. The van der Waals surface area contributed by atoms with E-state index < -0.39 is 29.3 Å². The van der Waals surface area contributed by atoms with Crippen molar-refractivity contribution in [2.75, 3.05) is 13.2 Å². The van der Waals surface area contributed by atoms with Gasteiger partial charge in [-0.2, -0.15) is 0 Å². The van der Waals surface area contributed by atoms with Crippen LogP contribution in [0.1, 0.15) is 6.42 Å². The van der Waals surface area contributed by atoms with Crippen LogP contribution in [-0.4, -0.2) is 65.1 Å². The van der Waals surface area contributed by atoms with E-state index in [1.807, 2.05) is 7.85 Å². The SMILES string of the molecule is BC1OC(COP(=O)(O)OP(=C)(O)OP(=O)(O)O)C2OCCC12. The van der Waals surface area contributed by atoms with Crippen molar-refractivity contribution in [3.05, 3.63) is 0 Å². The van der Waals surface area contributed by atoms with E-state index in [1.165, 1.54) is 0 Å². The Morgan fingerprint density at radius 1 is 1.22 bits per heavy atom. The van der Waals surface area contributed by atoms with Crippen molar-refractivity contribution < 1.29 is 51.3 Å². The van der Waals surface area contributed by atoms with Crippen LogP contribution in [0.5, 0.6) is 0 Å². The van der Waals surface area contributed by atoms with Crippen molar-refractivity contribution in [2.45, 2.75) is 24.6 Å². The molecule has 6 unspecified atom stereocenters.